The Morgan fingerprint density at radius 3 is 2.62 bits per heavy atom. The molecule has 1 aromatic heterocycles. The van der Waals surface area contributed by atoms with Gasteiger partial charge < -0.3 is 9.84 Å². The molecule has 0 bridgehead atoms. The van der Waals surface area contributed by atoms with Crippen LogP contribution in [0.25, 0.3) is 22.0 Å². The van der Waals surface area contributed by atoms with Crippen molar-refractivity contribution in [3.05, 3.63) is 92.5 Å². The lowest BCUT2D eigenvalue weighted by molar-refractivity contribution is -0.137. The molecule has 4 aromatic rings. The number of nitriles is 1. The Morgan fingerprint density at radius 2 is 1.95 bits per heavy atom. The van der Waals surface area contributed by atoms with E-state index in [-0.39, 0.29) is 35.4 Å². The number of aromatic nitrogens is 2. The number of carboxylic acid groups (broad SMARTS) is 1. The molecule has 0 saturated carbocycles. The van der Waals surface area contributed by atoms with Crippen LogP contribution in [0.4, 0.5) is 13.2 Å². The van der Waals surface area contributed by atoms with E-state index in [0.29, 0.717) is 28.0 Å². The Balaban J connectivity index is 1.66. The second kappa shape index (κ2) is 9.95. The third kappa shape index (κ3) is 5.27. The highest BCUT2D eigenvalue weighted by molar-refractivity contribution is 6.31. The van der Waals surface area contributed by atoms with Gasteiger partial charge in [0, 0.05) is 10.6 Å². The van der Waals surface area contributed by atoms with Gasteiger partial charge in [0.25, 0.3) is 5.56 Å². The molecule has 4 rings (SSSR count). The van der Waals surface area contributed by atoms with Crippen LogP contribution in [0.1, 0.15) is 27.3 Å². The first kappa shape index (κ1) is 25.7. The summed E-state index contributed by atoms with van der Waals surface area (Å²) in [6.07, 6.45) is -4.70. The summed E-state index contributed by atoms with van der Waals surface area (Å²) in [5.41, 5.74) is -1.21. The number of alkyl halides is 3. The first-order valence-corrected chi connectivity index (χ1v) is 11.2. The van der Waals surface area contributed by atoms with Crippen molar-refractivity contribution in [1.82, 2.24) is 9.55 Å². The van der Waals surface area contributed by atoms with Crippen molar-refractivity contribution in [3.8, 4) is 22.9 Å². The number of carboxylic acids is 1. The van der Waals surface area contributed by atoms with Gasteiger partial charge in [0.2, 0.25) is 0 Å². The number of hydrogen-bond acceptors (Lipinski definition) is 5. The second-order valence-electron chi connectivity index (χ2n) is 8.02. The lowest BCUT2D eigenvalue weighted by Crippen LogP contribution is -2.27. The molecule has 0 aliphatic heterocycles. The molecule has 0 radical (unpaired) electrons. The van der Waals surface area contributed by atoms with Gasteiger partial charge in [-0.2, -0.15) is 18.4 Å². The second-order valence-corrected chi connectivity index (χ2v) is 8.45. The first-order valence-electron chi connectivity index (χ1n) is 10.8. The molecule has 11 heteroatoms. The van der Waals surface area contributed by atoms with Crippen molar-refractivity contribution < 1.29 is 27.8 Å². The third-order valence-electron chi connectivity index (χ3n) is 5.63. The van der Waals surface area contributed by atoms with Crippen LogP contribution in [0.15, 0.2) is 59.4 Å². The van der Waals surface area contributed by atoms with Crippen molar-refractivity contribution in [3.63, 3.8) is 0 Å². The van der Waals surface area contributed by atoms with Gasteiger partial charge in [-0.15, -0.1) is 0 Å². The number of ether oxygens (including phenoxy) is 1. The number of fused-ring (bicyclic) bond motifs is 1. The summed E-state index contributed by atoms with van der Waals surface area (Å²) in [5, 5.41) is 18.9. The third-order valence-corrected chi connectivity index (χ3v) is 5.87. The highest BCUT2D eigenvalue weighted by atomic mass is 35.5. The molecule has 188 valence electrons. The van der Waals surface area contributed by atoms with Crippen LogP contribution >= 0.6 is 11.6 Å². The van der Waals surface area contributed by atoms with E-state index in [1.165, 1.54) is 23.6 Å². The molecule has 3 aromatic carbocycles. The monoisotopic (exact) mass is 527 g/mol. The van der Waals surface area contributed by atoms with Gasteiger partial charge in [0.05, 0.1) is 34.1 Å². The van der Waals surface area contributed by atoms with Gasteiger partial charge in [-0.25, -0.2) is 9.78 Å². The van der Waals surface area contributed by atoms with Crippen molar-refractivity contribution >= 4 is 28.5 Å². The van der Waals surface area contributed by atoms with Crippen LogP contribution in [-0.2, 0) is 12.7 Å². The number of benzene rings is 3. The molecule has 0 amide bonds. The number of aryl methyl sites for hydroxylation is 1. The Kier molecular flexibility index (Phi) is 6.92. The fraction of sp³-hybridized carbons (Fsp3) is 0.154. The summed E-state index contributed by atoms with van der Waals surface area (Å²) < 4.78 is 46.7. The molecule has 7 nitrogen and oxygen atoms in total. The summed E-state index contributed by atoms with van der Waals surface area (Å²) in [7, 11) is 0. The molecule has 0 atom stereocenters. The molecule has 0 saturated heterocycles. The van der Waals surface area contributed by atoms with E-state index in [4.69, 9.17) is 16.3 Å². The van der Waals surface area contributed by atoms with E-state index in [9.17, 15) is 33.1 Å². The number of carbonyl (C=O) groups is 1. The SMILES string of the molecule is Cc1nc2cc(C(F)(F)F)cc(C#N)c2c(=O)n1CCOc1ccc(Cl)cc1-c1cccc(C(=O)O)c1. The molecular formula is C26H17ClF3N3O4. The quantitative estimate of drug-likeness (QED) is 0.345. The average Bonchev–Trinajstić information content (AvgIpc) is 2.85. The molecule has 0 spiro atoms. The Morgan fingerprint density at radius 1 is 1.19 bits per heavy atom. The maximum absolute atomic E-state index is 13.2. The largest absolute Gasteiger partial charge is 0.491 e. The smallest absolute Gasteiger partial charge is 0.416 e. The number of aromatic carboxylic acids is 1. The zero-order valence-electron chi connectivity index (χ0n) is 19.1. The summed E-state index contributed by atoms with van der Waals surface area (Å²) in [6, 6.07) is 14.1. The summed E-state index contributed by atoms with van der Waals surface area (Å²) in [6.45, 7) is 1.42. The van der Waals surface area contributed by atoms with Crippen LogP contribution in [0.3, 0.4) is 0 Å². The van der Waals surface area contributed by atoms with E-state index in [1.807, 2.05) is 0 Å². The van der Waals surface area contributed by atoms with E-state index in [1.54, 1.807) is 36.4 Å². The van der Waals surface area contributed by atoms with Gasteiger partial charge in [-0.1, -0.05) is 23.7 Å². The fourth-order valence-corrected chi connectivity index (χ4v) is 4.06. The van der Waals surface area contributed by atoms with E-state index >= 15 is 0 Å². The maximum atomic E-state index is 13.2. The highest BCUT2D eigenvalue weighted by Crippen LogP contribution is 2.34. The molecule has 0 fully saturated rings. The Hall–Kier alpha value is -4.36. The number of rotatable bonds is 6. The van der Waals surface area contributed by atoms with Crippen molar-refractivity contribution in [2.75, 3.05) is 6.61 Å². The normalized spacial score (nSPS) is 11.4. The highest BCUT2D eigenvalue weighted by Gasteiger charge is 2.32. The summed E-state index contributed by atoms with van der Waals surface area (Å²) >= 11 is 6.14. The molecular weight excluding hydrogens is 511 g/mol. The fourth-order valence-electron chi connectivity index (χ4n) is 3.89. The number of hydrogen-bond donors (Lipinski definition) is 1. The average molecular weight is 528 g/mol. The lowest BCUT2D eigenvalue weighted by atomic mass is 10.0. The molecule has 37 heavy (non-hydrogen) atoms. The van der Waals surface area contributed by atoms with Gasteiger partial charge in [-0.05, 0) is 55.0 Å². The van der Waals surface area contributed by atoms with E-state index in [0.717, 1.165) is 6.07 Å². The predicted molar refractivity (Wildman–Crippen MR) is 130 cm³/mol. The van der Waals surface area contributed by atoms with Crippen LogP contribution in [0.5, 0.6) is 5.75 Å². The molecule has 0 aliphatic carbocycles. The van der Waals surface area contributed by atoms with Crippen LogP contribution in [-0.4, -0.2) is 27.2 Å². The number of halogens is 4. The summed E-state index contributed by atoms with van der Waals surface area (Å²) in [4.78, 5) is 28.6. The molecule has 1 heterocycles. The molecule has 0 aliphatic rings. The topological polar surface area (TPSA) is 105 Å². The maximum Gasteiger partial charge on any atom is 0.416 e. The first-order chi connectivity index (χ1) is 17.5. The lowest BCUT2D eigenvalue weighted by Gasteiger charge is -2.16. The Labute approximate surface area is 212 Å². The van der Waals surface area contributed by atoms with E-state index in [2.05, 4.69) is 4.98 Å². The zero-order chi connectivity index (χ0) is 26.9. The van der Waals surface area contributed by atoms with Crippen LogP contribution in [0.2, 0.25) is 5.02 Å². The minimum atomic E-state index is -4.70. The van der Waals surface area contributed by atoms with Gasteiger partial charge in [0.15, 0.2) is 0 Å². The van der Waals surface area contributed by atoms with Crippen molar-refractivity contribution in [1.29, 1.82) is 5.26 Å². The van der Waals surface area contributed by atoms with Gasteiger partial charge >= 0.3 is 12.1 Å². The number of nitrogens with zero attached hydrogens (tertiary/aromatic N) is 3. The van der Waals surface area contributed by atoms with Gasteiger partial charge in [-0.3, -0.25) is 9.36 Å². The predicted octanol–water partition coefficient (Wildman–Crippen LogP) is 5.69. The zero-order valence-corrected chi connectivity index (χ0v) is 19.9. The Bertz CT molecular complexity index is 1640. The van der Waals surface area contributed by atoms with Crippen LogP contribution in [0, 0.1) is 18.3 Å². The molecule has 1 N–H and O–H groups in total. The minimum Gasteiger partial charge on any atom is -0.491 e. The summed E-state index contributed by atoms with van der Waals surface area (Å²) in [5.74, 6) is -0.571. The van der Waals surface area contributed by atoms with Crippen molar-refractivity contribution in [2.45, 2.75) is 19.6 Å². The van der Waals surface area contributed by atoms with E-state index < -0.39 is 28.8 Å². The van der Waals surface area contributed by atoms with Gasteiger partial charge in [0.1, 0.15) is 24.3 Å². The van der Waals surface area contributed by atoms with Crippen LogP contribution < -0.4 is 10.3 Å². The standard InChI is InChI=1S/C26H17ClF3N3O4/c1-14-32-21-11-18(26(28,29)30)10-17(13-31)23(21)24(34)33(14)7-8-37-22-6-5-19(27)12-20(22)15-3-2-4-16(9-15)25(35)36/h2-6,9-12H,7-8H2,1H3,(H,35,36). The van der Waals surface area contributed by atoms with Crippen molar-refractivity contribution in [2.24, 2.45) is 0 Å². The minimum absolute atomic E-state index is 0.0171. The molecule has 0 unspecified atom stereocenters.